The summed E-state index contributed by atoms with van der Waals surface area (Å²) < 4.78 is 22.2. The van der Waals surface area contributed by atoms with Crippen molar-refractivity contribution in [1.82, 2.24) is 4.90 Å². The molecule has 0 aromatic heterocycles. The molecule has 0 bridgehead atoms. The number of ether oxygens (including phenoxy) is 4. The molecule has 2 atom stereocenters. The number of hydrogen-bond donors (Lipinski definition) is 0. The lowest BCUT2D eigenvalue weighted by molar-refractivity contribution is 0.0631. The number of rotatable bonds is 8. The second kappa shape index (κ2) is 8.70. The van der Waals surface area contributed by atoms with Gasteiger partial charge in [0.15, 0.2) is 11.5 Å². The predicted octanol–water partition coefficient (Wildman–Crippen LogP) is 2.72. The molecule has 134 valence electrons. The molecule has 2 unspecified atom stereocenters. The summed E-state index contributed by atoms with van der Waals surface area (Å²) in [5.74, 6) is 2.19. The summed E-state index contributed by atoms with van der Waals surface area (Å²) in [6.07, 6.45) is 3.88. The van der Waals surface area contributed by atoms with Crippen molar-refractivity contribution in [1.29, 1.82) is 0 Å². The number of nitrogens with zero attached hydrogens (tertiary/aromatic N) is 1. The van der Waals surface area contributed by atoms with Crippen LogP contribution in [-0.2, 0) is 16.0 Å². The van der Waals surface area contributed by atoms with Crippen LogP contribution in [0.15, 0.2) is 18.2 Å². The Morgan fingerprint density at radius 2 is 1.96 bits per heavy atom. The van der Waals surface area contributed by atoms with Crippen LogP contribution in [0.25, 0.3) is 0 Å². The van der Waals surface area contributed by atoms with E-state index < -0.39 is 0 Å². The zero-order chi connectivity index (χ0) is 16.8. The molecule has 2 saturated heterocycles. The fourth-order valence-corrected chi connectivity index (χ4v) is 3.61. The highest BCUT2D eigenvalue weighted by atomic mass is 16.5. The van der Waals surface area contributed by atoms with E-state index in [1.807, 2.05) is 6.07 Å². The lowest BCUT2D eigenvalue weighted by atomic mass is 10.1. The van der Waals surface area contributed by atoms with E-state index >= 15 is 0 Å². The van der Waals surface area contributed by atoms with Crippen LogP contribution in [0.1, 0.15) is 24.8 Å². The van der Waals surface area contributed by atoms with E-state index in [1.165, 1.54) is 18.4 Å². The standard InChI is InChI=1S/C19H29NO4/c1-21-18-6-5-15(10-19(18)22-2)11-20(12-16-7-9-23-14-16)13-17-4-3-8-24-17/h5-6,10,16-17H,3-4,7-9,11-14H2,1-2H3. The lowest BCUT2D eigenvalue weighted by Crippen LogP contribution is -2.35. The van der Waals surface area contributed by atoms with Crippen LogP contribution in [-0.4, -0.2) is 58.1 Å². The van der Waals surface area contributed by atoms with Crippen molar-refractivity contribution in [2.45, 2.75) is 31.9 Å². The molecule has 3 rings (SSSR count). The quantitative estimate of drug-likeness (QED) is 0.730. The Balaban J connectivity index is 1.67. The van der Waals surface area contributed by atoms with Crippen molar-refractivity contribution < 1.29 is 18.9 Å². The molecule has 0 N–H and O–H groups in total. The molecule has 0 radical (unpaired) electrons. The first-order valence-corrected chi connectivity index (χ1v) is 8.91. The highest BCUT2D eigenvalue weighted by molar-refractivity contribution is 5.42. The first-order chi connectivity index (χ1) is 11.8. The van der Waals surface area contributed by atoms with Gasteiger partial charge in [-0.15, -0.1) is 0 Å². The van der Waals surface area contributed by atoms with E-state index in [4.69, 9.17) is 18.9 Å². The normalized spacial score (nSPS) is 23.8. The minimum atomic E-state index is 0.368. The summed E-state index contributed by atoms with van der Waals surface area (Å²) in [6.45, 7) is 5.64. The van der Waals surface area contributed by atoms with E-state index in [1.54, 1.807) is 14.2 Å². The minimum Gasteiger partial charge on any atom is -0.493 e. The first kappa shape index (κ1) is 17.5. The number of methoxy groups -OCH3 is 2. The Labute approximate surface area is 144 Å². The number of benzene rings is 1. The first-order valence-electron chi connectivity index (χ1n) is 8.91. The monoisotopic (exact) mass is 335 g/mol. The molecule has 2 fully saturated rings. The van der Waals surface area contributed by atoms with Crippen LogP contribution in [0, 0.1) is 5.92 Å². The van der Waals surface area contributed by atoms with Crippen molar-refractivity contribution in [2.75, 3.05) is 47.1 Å². The van der Waals surface area contributed by atoms with Gasteiger partial charge in [0.2, 0.25) is 0 Å². The van der Waals surface area contributed by atoms with Crippen molar-refractivity contribution in [3.8, 4) is 11.5 Å². The molecular weight excluding hydrogens is 306 g/mol. The molecule has 5 nitrogen and oxygen atoms in total. The Morgan fingerprint density at radius 1 is 1.08 bits per heavy atom. The fourth-order valence-electron chi connectivity index (χ4n) is 3.61. The van der Waals surface area contributed by atoms with E-state index in [0.717, 1.165) is 57.4 Å². The summed E-state index contributed by atoms with van der Waals surface area (Å²) in [5, 5.41) is 0. The summed E-state index contributed by atoms with van der Waals surface area (Å²) in [4.78, 5) is 2.51. The van der Waals surface area contributed by atoms with Gasteiger partial charge in [0, 0.05) is 32.8 Å². The largest absolute Gasteiger partial charge is 0.493 e. The zero-order valence-electron chi connectivity index (χ0n) is 14.8. The lowest BCUT2D eigenvalue weighted by Gasteiger charge is -2.27. The van der Waals surface area contributed by atoms with Gasteiger partial charge in [-0.2, -0.15) is 0 Å². The summed E-state index contributed by atoms with van der Waals surface area (Å²) in [5.41, 5.74) is 1.24. The molecule has 24 heavy (non-hydrogen) atoms. The molecule has 0 amide bonds. The van der Waals surface area contributed by atoms with Crippen LogP contribution >= 0.6 is 0 Å². The Morgan fingerprint density at radius 3 is 2.62 bits per heavy atom. The van der Waals surface area contributed by atoms with Crippen LogP contribution < -0.4 is 9.47 Å². The Kier molecular flexibility index (Phi) is 6.35. The van der Waals surface area contributed by atoms with E-state index in [9.17, 15) is 0 Å². The van der Waals surface area contributed by atoms with E-state index in [-0.39, 0.29) is 0 Å². The molecule has 0 aliphatic carbocycles. The average Bonchev–Trinajstić information content (AvgIpc) is 3.28. The Bertz CT molecular complexity index is 492. The topological polar surface area (TPSA) is 40.2 Å². The van der Waals surface area contributed by atoms with Gasteiger partial charge in [-0.05, 0) is 42.9 Å². The highest BCUT2D eigenvalue weighted by Gasteiger charge is 2.24. The maximum atomic E-state index is 5.85. The van der Waals surface area contributed by atoms with Crippen LogP contribution in [0.4, 0.5) is 0 Å². The average molecular weight is 335 g/mol. The van der Waals surface area contributed by atoms with E-state index in [2.05, 4.69) is 17.0 Å². The highest BCUT2D eigenvalue weighted by Crippen LogP contribution is 2.28. The Hall–Kier alpha value is -1.30. The van der Waals surface area contributed by atoms with Gasteiger partial charge in [-0.1, -0.05) is 6.07 Å². The van der Waals surface area contributed by atoms with Crippen LogP contribution in [0.3, 0.4) is 0 Å². The second-order valence-corrected chi connectivity index (χ2v) is 6.75. The van der Waals surface area contributed by atoms with Gasteiger partial charge < -0.3 is 18.9 Å². The van der Waals surface area contributed by atoms with Crippen molar-refractivity contribution in [2.24, 2.45) is 5.92 Å². The molecule has 2 heterocycles. The maximum Gasteiger partial charge on any atom is 0.161 e. The van der Waals surface area contributed by atoms with Gasteiger partial charge in [-0.3, -0.25) is 4.90 Å². The summed E-state index contributed by atoms with van der Waals surface area (Å²) in [6, 6.07) is 6.18. The summed E-state index contributed by atoms with van der Waals surface area (Å²) >= 11 is 0. The molecular formula is C19H29NO4. The fraction of sp³-hybridized carbons (Fsp3) is 0.684. The van der Waals surface area contributed by atoms with Crippen molar-refractivity contribution in [3.63, 3.8) is 0 Å². The second-order valence-electron chi connectivity index (χ2n) is 6.75. The smallest absolute Gasteiger partial charge is 0.161 e. The van der Waals surface area contributed by atoms with Crippen molar-refractivity contribution in [3.05, 3.63) is 23.8 Å². The van der Waals surface area contributed by atoms with Crippen LogP contribution in [0.2, 0.25) is 0 Å². The van der Waals surface area contributed by atoms with Gasteiger partial charge >= 0.3 is 0 Å². The van der Waals surface area contributed by atoms with Gasteiger partial charge in [0.25, 0.3) is 0 Å². The molecule has 1 aromatic carbocycles. The van der Waals surface area contributed by atoms with Gasteiger partial charge in [0.1, 0.15) is 0 Å². The zero-order valence-corrected chi connectivity index (χ0v) is 14.8. The van der Waals surface area contributed by atoms with Crippen molar-refractivity contribution >= 4 is 0 Å². The third-order valence-electron chi connectivity index (χ3n) is 4.88. The molecule has 2 aliphatic heterocycles. The SMILES string of the molecule is COc1ccc(CN(CC2CCOC2)CC2CCCO2)cc1OC. The summed E-state index contributed by atoms with van der Waals surface area (Å²) in [7, 11) is 3.35. The molecule has 0 saturated carbocycles. The molecule has 0 spiro atoms. The molecule has 5 heteroatoms. The van der Waals surface area contributed by atoms with Gasteiger partial charge in [-0.25, -0.2) is 0 Å². The maximum absolute atomic E-state index is 5.85. The molecule has 1 aromatic rings. The van der Waals surface area contributed by atoms with Gasteiger partial charge in [0.05, 0.1) is 26.9 Å². The molecule has 2 aliphatic rings. The predicted molar refractivity (Wildman–Crippen MR) is 92.7 cm³/mol. The third-order valence-corrected chi connectivity index (χ3v) is 4.88. The number of hydrogen-bond acceptors (Lipinski definition) is 5. The third kappa shape index (κ3) is 4.62. The minimum absolute atomic E-state index is 0.368. The van der Waals surface area contributed by atoms with Crippen LogP contribution in [0.5, 0.6) is 11.5 Å². The van der Waals surface area contributed by atoms with E-state index in [0.29, 0.717) is 12.0 Å².